The Balaban J connectivity index is 1.46. The zero-order valence-corrected chi connectivity index (χ0v) is 18.0. The van der Waals surface area contributed by atoms with Crippen molar-refractivity contribution in [1.82, 2.24) is 4.90 Å². The molecule has 30 heavy (non-hydrogen) atoms. The fraction of sp³-hybridized carbons (Fsp3) is 0.150. The number of fused-ring (bicyclic) bond motifs is 1. The van der Waals surface area contributed by atoms with Gasteiger partial charge in [-0.2, -0.15) is 0 Å². The van der Waals surface area contributed by atoms with Gasteiger partial charge >= 0.3 is 0 Å². The number of methoxy groups -OCH3 is 1. The Morgan fingerprint density at radius 3 is 2.63 bits per heavy atom. The van der Waals surface area contributed by atoms with Crippen molar-refractivity contribution in [2.24, 2.45) is 0 Å². The summed E-state index contributed by atoms with van der Waals surface area (Å²) in [4.78, 5) is 38.4. The summed E-state index contributed by atoms with van der Waals surface area (Å²) in [5.74, 6) is 0.802. The molecule has 2 aliphatic rings. The topological polar surface area (TPSA) is 94.2 Å². The summed E-state index contributed by atoms with van der Waals surface area (Å²) < 4.78 is 16.4. The van der Waals surface area contributed by atoms with Gasteiger partial charge in [0.2, 0.25) is 12.7 Å². The molecule has 4 rings (SSSR count). The van der Waals surface area contributed by atoms with E-state index >= 15 is 0 Å². The maximum absolute atomic E-state index is 12.7. The molecule has 0 atom stereocenters. The normalized spacial score (nSPS) is 16.3. The lowest BCUT2D eigenvalue weighted by Crippen LogP contribution is -2.36. The standard InChI is InChI=1S/C20H15BrN2O6S/c1-27-13-4-2-12(3-5-13)22-18(24)9-23-19(25)17(30-20(23)26)7-11-6-15-16(8-14(11)21)29-10-28-15/h2-8H,9-10H2,1H3,(H,22,24)/b17-7-. The zero-order valence-electron chi connectivity index (χ0n) is 15.6. The van der Waals surface area contributed by atoms with Crippen LogP contribution in [0, 0.1) is 0 Å². The Labute approximate surface area is 184 Å². The van der Waals surface area contributed by atoms with E-state index in [1.54, 1.807) is 49.6 Å². The molecule has 0 radical (unpaired) electrons. The van der Waals surface area contributed by atoms with Gasteiger partial charge in [-0.1, -0.05) is 15.9 Å². The fourth-order valence-corrected chi connectivity index (χ4v) is 4.11. The molecule has 0 unspecified atom stereocenters. The van der Waals surface area contributed by atoms with Crippen LogP contribution >= 0.6 is 27.7 Å². The number of ether oxygens (including phenoxy) is 3. The molecule has 2 aliphatic heterocycles. The van der Waals surface area contributed by atoms with Crippen LogP contribution in [0.5, 0.6) is 17.2 Å². The van der Waals surface area contributed by atoms with Crippen LogP contribution in [0.1, 0.15) is 5.56 Å². The first-order chi connectivity index (χ1) is 14.4. The van der Waals surface area contributed by atoms with Gasteiger partial charge < -0.3 is 19.5 Å². The summed E-state index contributed by atoms with van der Waals surface area (Å²) in [6.07, 6.45) is 1.58. The number of hydrogen-bond acceptors (Lipinski definition) is 7. The minimum atomic E-state index is -0.528. The second-order valence-corrected chi connectivity index (χ2v) is 8.12. The molecule has 2 heterocycles. The van der Waals surface area contributed by atoms with Crippen LogP contribution in [0.4, 0.5) is 10.5 Å². The van der Waals surface area contributed by atoms with Crippen LogP contribution in [-0.2, 0) is 9.59 Å². The number of imide groups is 1. The molecular weight excluding hydrogens is 476 g/mol. The number of amides is 3. The molecular formula is C20H15BrN2O6S. The third kappa shape index (κ3) is 4.14. The van der Waals surface area contributed by atoms with Crippen molar-refractivity contribution in [2.45, 2.75) is 0 Å². The van der Waals surface area contributed by atoms with Gasteiger partial charge in [0.1, 0.15) is 12.3 Å². The molecule has 3 amide bonds. The van der Waals surface area contributed by atoms with E-state index in [4.69, 9.17) is 14.2 Å². The van der Waals surface area contributed by atoms with Gasteiger partial charge in [0.15, 0.2) is 11.5 Å². The van der Waals surface area contributed by atoms with Crippen LogP contribution in [0.25, 0.3) is 6.08 Å². The van der Waals surface area contributed by atoms with Crippen molar-refractivity contribution in [3.8, 4) is 17.2 Å². The Morgan fingerprint density at radius 1 is 1.23 bits per heavy atom. The lowest BCUT2D eigenvalue weighted by Gasteiger charge is -2.12. The van der Waals surface area contributed by atoms with Crippen LogP contribution in [0.15, 0.2) is 45.8 Å². The number of anilines is 1. The maximum Gasteiger partial charge on any atom is 0.294 e. The van der Waals surface area contributed by atoms with E-state index in [0.717, 1.165) is 16.7 Å². The number of thioether (sulfide) groups is 1. The molecule has 0 spiro atoms. The quantitative estimate of drug-likeness (QED) is 0.635. The van der Waals surface area contributed by atoms with Crippen LogP contribution in [-0.4, -0.2) is 42.4 Å². The Morgan fingerprint density at radius 2 is 1.93 bits per heavy atom. The summed E-state index contributed by atoms with van der Waals surface area (Å²) in [5, 5.41) is 2.15. The molecule has 1 fully saturated rings. The van der Waals surface area contributed by atoms with E-state index in [1.165, 1.54) is 0 Å². The molecule has 10 heteroatoms. The maximum atomic E-state index is 12.7. The SMILES string of the molecule is COc1ccc(NC(=O)CN2C(=O)S/C(=C\c3cc4c(cc3Br)OCO4)C2=O)cc1. The largest absolute Gasteiger partial charge is 0.497 e. The van der Waals surface area contributed by atoms with Gasteiger partial charge in [0.25, 0.3) is 11.1 Å². The first-order valence-corrected chi connectivity index (χ1v) is 10.3. The number of nitrogens with zero attached hydrogens (tertiary/aromatic N) is 1. The summed E-state index contributed by atoms with van der Waals surface area (Å²) in [7, 11) is 1.54. The molecule has 0 bridgehead atoms. The molecule has 8 nitrogen and oxygen atoms in total. The number of carbonyl (C=O) groups excluding carboxylic acids is 3. The van der Waals surface area contributed by atoms with Gasteiger partial charge in [-0.3, -0.25) is 19.3 Å². The van der Waals surface area contributed by atoms with Gasteiger partial charge in [-0.15, -0.1) is 0 Å². The molecule has 0 saturated carbocycles. The second-order valence-electron chi connectivity index (χ2n) is 6.27. The molecule has 0 aromatic heterocycles. The van der Waals surface area contributed by atoms with E-state index in [2.05, 4.69) is 21.2 Å². The van der Waals surface area contributed by atoms with Crippen molar-refractivity contribution >= 4 is 56.5 Å². The minimum absolute atomic E-state index is 0.130. The number of rotatable bonds is 5. The van der Waals surface area contributed by atoms with E-state index in [0.29, 0.717) is 33.0 Å². The highest BCUT2D eigenvalue weighted by molar-refractivity contribution is 9.10. The Bertz CT molecular complexity index is 1070. The number of carbonyl (C=O) groups is 3. The van der Waals surface area contributed by atoms with Crippen molar-refractivity contribution in [3.63, 3.8) is 0 Å². The Kier molecular flexibility index (Phi) is 5.69. The highest BCUT2D eigenvalue weighted by Crippen LogP contribution is 2.39. The van der Waals surface area contributed by atoms with Crippen LogP contribution < -0.4 is 19.5 Å². The summed E-state index contributed by atoms with van der Waals surface area (Å²) >= 11 is 4.20. The first kappa shape index (κ1) is 20.3. The summed E-state index contributed by atoms with van der Waals surface area (Å²) in [6.45, 7) is -0.249. The minimum Gasteiger partial charge on any atom is -0.497 e. The first-order valence-electron chi connectivity index (χ1n) is 8.73. The van der Waals surface area contributed by atoms with Gasteiger partial charge in [0.05, 0.1) is 12.0 Å². The number of halogens is 1. The Hall–Kier alpha value is -2.98. The van der Waals surface area contributed by atoms with E-state index in [9.17, 15) is 14.4 Å². The number of nitrogens with one attached hydrogen (secondary N) is 1. The van der Waals surface area contributed by atoms with Crippen molar-refractivity contribution in [1.29, 1.82) is 0 Å². The second kappa shape index (κ2) is 8.41. The van der Waals surface area contributed by atoms with E-state index in [1.807, 2.05) is 0 Å². The highest BCUT2D eigenvalue weighted by Gasteiger charge is 2.36. The average Bonchev–Trinajstić information content (AvgIpc) is 3.28. The summed E-state index contributed by atoms with van der Waals surface area (Å²) in [6, 6.07) is 10.2. The van der Waals surface area contributed by atoms with Gasteiger partial charge in [-0.25, -0.2) is 0 Å². The van der Waals surface area contributed by atoms with Gasteiger partial charge in [0, 0.05) is 10.2 Å². The molecule has 0 aliphatic carbocycles. The third-order valence-corrected chi connectivity index (χ3v) is 5.92. The zero-order chi connectivity index (χ0) is 21.3. The fourth-order valence-electron chi connectivity index (χ4n) is 2.84. The highest BCUT2D eigenvalue weighted by atomic mass is 79.9. The van der Waals surface area contributed by atoms with Crippen LogP contribution in [0.3, 0.4) is 0 Å². The number of hydrogen-bond donors (Lipinski definition) is 1. The van der Waals surface area contributed by atoms with Crippen molar-refractivity contribution in [2.75, 3.05) is 25.8 Å². The van der Waals surface area contributed by atoms with E-state index in [-0.39, 0.29) is 18.2 Å². The van der Waals surface area contributed by atoms with E-state index < -0.39 is 17.1 Å². The lowest BCUT2D eigenvalue weighted by molar-refractivity contribution is -0.127. The molecule has 154 valence electrons. The molecule has 1 saturated heterocycles. The molecule has 2 aromatic carbocycles. The predicted octanol–water partition coefficient (Wildman–Crippen LogP) is 3.86. The smallest absolute Gasteiger partial charge is 0.294 e. The predicted molar refractivity (Wildman–Crippen MR) is 115 cm³/mol. The summed E-state index contributed by atoms with van der Waals surface area (Å²) in [5.41, 5.74) is 1.19. The van der Waals surface area contributed by atoms with Gasteiger partial charge in [-0.05, 0) is 59.8 Å². The average molecular weight is 491 g/mol. The van der Waals surface area contributed by atoms with Crippen molar-refractivity contribution < 1.29 is 28.6 Å². The third-order valence-electron chi connectivity index (χ3n) is 4.33. The number of benzene rings is 2. The van der Waals surface area contributed by atoms with Crippen molar-refractivity contribution in [3.05, 3.63) is 51.3 Å². The molecule has 2 aromatic rings. The van der Waals surface area contributed by atoms with Crippen LogP contribution in [0.2, 0.25) is 0 Å². The monoisotopic (exact) mass is 490 g/mol. The molecule has 1 N–H and O–H groups in total. The lowest BCUT2D eigenvalue weighted by atomic mass is 10.2.